The van der Waals surface area contributed by atoms with Crippen LogP contribution in [0.25, 0.3) is 10.9 Å². The average Bonchev–Trinajstić information content (AvgIpc) is 3.46. The number of benzene rings is 3. The average molecular weight is 439 g/mol. The summed E-state index contributed by atoms with van der Waals surface area (Å²) < 4.78 is 7.79. The highest BCUT2D eigenvalue weighted by atomic mass is 16.7. The molecule has 0 bridgehead atoms. The Morgan fingerprint density at radius 1 is 1.00 bits per heavy atom. The Kier molecular flexibility index (Phi) is 4.64. The lowest BCUT2D eigenvalue weighted by Crippen LogP contribution is -2.40. The largest absolute Gasteiger partial charge is 0.468 e. The normalized spacial score (nSPS) is 24.1. The lowest BCUT2D eigenvalue weighted by Gasteiger charge is -2.30. The maximum atomic E-state index is 13.7. The minimum Gasteiger partial charge on any atom is -0.468 e. The first-order valence-electron chi connectivity index (χ1n) is 11.3. The molecule has 0 spiro atoms. The molecule has 4 aromatic rings. The van der Waals surface area contributed by atoms with Crippen LogP contribution in [0.1, 0.15) is 34.5 Å². The molecular weight excluding hydrogens is 412 g/mol. The number of aromatic nitrogens is 1. The van der Waals surface area contributed by atoms with Crippen molar-refractivity contribution < 1.29 is 14.4 Å². The summed E-state index contributed by atoms with van der Waals surface area (Å²) in [6.45, 7) is 3.24. The van der Waals surface area contributed by atoms with Gasteiger partial charge in [-0.2, -0.15) is 5.06 Å². The van der Waals surface area contributed by atoms with E-state index in [0.29, 0.717) is 13.1 Å². The van der Waals surface area contributed by atoms with E-state index in [1.165, 1.54) is 18.1 Å². The SMILES string of the molecule is COC(=O)[C@@]12Cn3c(c(C)c4ccccc43)[C@@H]1N(Cc1ccccc1)O[C@@H]2c1ccccc1. The number of hydrogen-bond acceptors (Lipinski definition) is 4. The van der Waals surface area contributed by atoms with Crippen LogP contribution >= 0.6 is 0 Å². The number of carbonyl (C=O) groups is 1. The summed E-state index contributed by atoms with van der Waals surface area (Å²) in [6.07, 6.45) is -0.446. The van der Waals surface area contributed by atoms with Crippen LogP contribution in [-0.2, 0) is 27.5 Å². The van der Waals surface area contributed by atoms with E-state index in [1.54, 1.807) is 0 Å². The second kappa shape index (κ2) is 7.58. The fourth-order valence-corrected chi connectivity index (χ4v) is 5.87. The van der Waals surface area contributed by atoms with Crippen LogP contribution < -0.4 is 0 Å². The fourth-order valence-electron chi connectivity index (χ4n) is 5.87. The smallest absolute Gasteiger partial charge is 0.318 e. The molecule has 2 aliphatic rings. The molecule has 1 fully saturated rings. The molecule has 0 unspecified atom stereocenters. The molecule has 0 N–H and O–H groups in total. The molecular formula is C28H26N2O3. The van der Waals surface area contributed by atoms with Gasteiger partial charge in [-0.05, 0) is 29.7 Å². The lowest BCUT2D eigenvalue weighted by molar-refractivity contribution is -0.178. The Morgan fingerprint density at radius 2 is 1.67 bits per heavy atom. The van der Waals surface area contributed by atoms with E-state index >= 15 is 0 Å². The third kappa shape index (κ3) is 2.82. The van der Waals surface area contributed by atoms with E-state index in [9.17, 15) is 4.79 Å². The monoisotopic (exact) mass is 438 g/mol. The van der Waals surface area contributed by atoms with Crippen LogP contribution in [0.15, 0.2) is 84.9 Å². The number of nitrogens with zero attached hydrogens (tertiary/aromatic N) is 2. The zero-order valence-corrected chi connectivity index (χ0v) is 18.8. The molecule has 3 aromatic carbocycles. The van der Waals surface area contributed by atoms with Gasteiger partial charge < -0.3 is 9.30 Å². The molecule has 3 atom stereocenters. The van der Waals surface area contributed by atoms with E-state index in [0.717, 1.165) is 22.3 Å². The van der Waals surface area contributed by atoms with Crippen LogP contribution in [0.5, 0.6) is 0 Å². The van der Waals surface area contributed by atoms with Crippen molar-refractivity contribution in [3.05, 3.63) is 107 Å². The van der Waals surface area contributed by atoms with Gasteiger partial charge in [-0.1, -0.05) is 78.9 Å². The standard InChI is InChI=1S/C28H26N2O3/c1-19-22-15-9-10-16-23(22)29-18-28(27(31)32-2)25(24(19)29)30(17-20-11-5-3-6-12-20)33-26(28)21-13-7-4-8-14-21/h3-16,25-26H,17-18H2,1-2H3/t25-,26+,28-/m0/s1. The highest BCUT2D eigenvalue weighted by molar-refractivity contribution is 5.89. The van der Waals surface area contributed by atoms with Crippen molar-refractivity contribution in [2.75, 3.05) is 7.11 Å². The topological polar surface area (TPSA) is 43.7 Å². The predicted octanol–water partition coefficient (Wildman–Crippen LogP) is 5.35. The summed E-state index contributed by atoms with van der Waals surface area (Å²) in [5.41, 5.74) is 4.71. The van der Waals surface area contributed by atoms with Gasteiger partial charge in [0.05, 0.1) is 13.2 Å². The Labute approximate surface area is 193 Å². The molecule has 2 aliphatic heterocycles. The number of hydrogen-bond donors (Lipinski definition) is 0. The molecule has 0 saturated carbocycles. The van der Waals surface area contributed by atoms with E-state index in [-0.39, 0.29) is 12.0 Å². The predicted molar refractivity (Wildman–Crippen MR) is 126 cm³/mol. The van der Waals surface area contributed by atoms with Crippen molar-refractivity contribution in [1.29, 1.82) is 0 Å². The number of rotatable bonds is 4. The highest BCUT2D eigenvalue weighted by Crippen LogP contribution is 2.62. The first kappa shape index (κ1) is 20.2. The summed E-state index contributed by atoms with van der Waals surface area (Å²) in [5.74, 6) is -0.232. The molecule has 1 saturated heterocycles. The Hall–Kier alpha value is -3.41. The minimum atomic E-state index is -0.880. The summed E-state index contributed by atoms with van der Waals surface area (Å²) >= 11 is 0. The van der Waals surface area contributed by atoms with E-state index in [2.05, 4.69) is 47.9 Å². The molecule has 5 nitrogen and oxygen atoms in total. The molecule has 0 aliphatic carbocycles. The maximum absolute atomic E-state index is 13.7. The molecule has 166 valence electrons. The zero-order chi connectivity index (χ0) is 22.6. The molecule has 6 rings (SSSR count). The summed E-state index contributed by atoms with van der Waals surface area (Å²) in [6, 6.07) is 28.5. The third-order valence-corrected chi connectivity index (χ3v) is 7.29. The molecule has 1 aromatic heterocycles. The van der Waals surface area contributed by atoms with Gasteiger partial charge in [0.2, 0.25) is 0 Å². The minimum absolute atomic E-state index is 0.232. The van der Waals surface area contributed by atoms with Crippen molar-refractivity contribution in [1.82, 2.24) is 9.63 Å². The Balaban J connectivity index is 1.58. The second-order valence-corrected chi connectivity index (χ2v) is 9.00. The van der Waals surface area contributed by atoms with Gasteiger partial charge in [0.15, 0.2) is 0 Å². The van der Waals surface area contributed by atoms with Crippen molar-refractivity contribution in [2.45, 2.75) is 32.2 Å². The van der Waals surface area contributed by atoms with Crippen molar-refractivity contribution in [2.24, 2.45) is 5.41 Å². The first-order chi connectivity index (χ1) is 16.1. The van der Waals surface area contributed by atoms with Gasteiger partial charge >= 0.3 is 5.97 Å². The van der Waals surface area contributed by atoms with Crippen LogP contribution in [0.4, 0.5) is 0 Å². The van der Waals surface area contributed by atoms with Crippen molar-refractivity contribution >= 4 is 16.9 Å². The van der Waals surface area contributed by atoms with Gasteiger partial charge in [0.25, 0.3) is 0 Å². The van der Waals surface area contributed by atoms with Crippen LogP contribution in [0.2, 0.25) is 0 Å². The highest BCUT2D eigenvalue weighted by Gasteiger charge is 2.67. The van der Waals surface area contributed by atoms with Crippen LogP contribution in [0, 0.1) is 12.3 Å². The fraction of sp³-hybridized carbons (Fsp3) is 0.250. The van der Waals surface area contributed by atoms with Gasteiger partial charge in [-0.25, -0.2) is 0 Å². The maximum Gasteiger partial charge on any atom is 0.318 e. The number of fused-ring (bicyclic) bond motifs is 5. The molecule has 0 radical (unpaired) electrons. The Morgan fingerprint density at radius 3 is 2.39 bits per heavy atom. The van der Waals surface area contributed by atoms with Crippen molar-refractivity contribution in [3.8, 4) is 0 Å². The third-order valence-electron chi connectivity index (χ3n) is 7.29. The van der Waals surface area contributed by atoms with Gasteiger partial charge in [0, 0.05) is 29.7 Å². The van der Waals surface area contributed by atoms with Gasteiger partial charge in [0.1, 0.15) is 11.5 Å². The quantitative estimate of drug-likeness (QED) is 0.403. The number of ether oxygens (including phenoxy) is 1. The van der Waals surface area contributed by atoms with Crippen LogP contribution in [-0.4, -0.2) is 22.7 Å². The molecule has 0 amide bonds. The van der Waals surface area contributed by atoms with E-state index in [1.807, 2.05) is 53.6 Å². The number of aryl methyl sites for hydroxylation is 1. The second-order valence-electron chi connectivity index (χ2n) is 9.00. The molecule has 5 heteroatoms. The summed E-state index contributed by atoms with van der Waals surface area (Å²) in [5, 5.41) is 3.23. The number of hydroxylamine groups is 2. The van der Waals surface area contributed by atoms with Crippen molar-refractivity contribution in [3.63, 3.8) is 0 Å². The van der Waals surface area contributed by atoms with E-state index in [4.69, 9.17) is 9.57 Å². The van der Waals surface area contributed by atoms with Gasteiger partial charge in [-0.15, -0.1) is 0 Å². The zero-order valence-electron chi connectivity index (χ0n) is 18.8. The lowest BCUT2D eigenvalue weighted by atomic mass is 9.74. The molecule has 33 heavy (non-hydrogen) atoms. The van der Waals surface area contributed by atoms with Gasteiger partial charge in [-0.3, -0.25) is 9.63 Å². The summed E-state index contributed by atoms with van der Waals surface area (Å²) in [7, 11) is 1.48. The number of carbonyl (C=O) groups excluding carboxylic acids is 1. The van der Waals surface area contributed by atoms with E-state index < -0.39 is 11.5 Å². The summed E-state index contributed by atoms with van der Waals surface area (Å²) in [4.78, 5) is 20.3. The van der Waals surface area contributed by atoms with Crippen LogP contribution in [0.3, 0.4) is 0 Å². The number of esters is 1. The number of para-hydroxylation sites is 1. The molecule has 3 heterocycles. The Bertz CT molecular complexity index is 1330. The number of methoxy groups -OCH3 is 1. The first-order valence-corrected chi connectivity index (χ1v) is 11.3.